The maximum absolute atomic E-state index is 4.73. The van der Waals surface area contributed by atoms with Gasteiger partial charge < -0.3 is 0 Å². The fourth-order valence-electron chi connectivity index (χ4n) is 2.44. The fourth-order valence-corrected chi connectivity index (χ4v) is 2.75. The summed E-state index contributed by atoms with van der Waals surface area (Å²) in [5, 5.41) is 9.39. The molecule has 22 heavy (non-hydrogen) atoms. The zero-order valence-electron chi connectivity index (χ0n) is 12.9. The Morgan fingerprint density at radius 1 is 0.727 bits per heavy atom. The molecule has 0 unspecified atom stereocenters. The molecular formula is C18H17N3S. The molecule has 0 aliphatic rings. The molecular weight excluding hydrogens is 290 g/mol. The second-order valence-corrected chi connectivity index (χ2v) is 5.90. The van der Waals surface area contributed by atoms with Crippen LogP contribution in [-0.4, -0.2) is 21.4 Å². The molecule has 1 heterocycles. The third kappa shape index (κ3) is 2.74. The Morgan fingerprint density at radius 2 is 1.27 bits per heavy atom. The van der Waals surface area contributed by atoms with E-state index < -0.39 is 0 Å². The molecule has 0 saturated heterocycles. The van der Waals surface area contributed by atoms with Crippen molar-refractivity contribution in [3.8, 4) is 22.5 Å². The zero-order valence-corrected chi connectivity index (χ0v) is 13.7. The van der Waals surface area contributed by atoms with E-state index in [4.69, 9.17) is 4.98 Å². The van der Waals surface area contributed by atoms with Crippen LogP contribution in [0.25, 0.3) is 22.5 Å². The van der Waals surface area contributed by atoms with Crippen molar-refractivity contribution in [2.75, 3.05) is 6.26 Å². The molecule has 0 N–H and O–H groups in total. The molecule has 3 nitrogen and oxygen atoms in total. The van der Waals surface area contributed by atoms with E-state index >= 15 is 0 Å². The topological polar surface area (TPSA) is 38.7 Å². The minimum atomic E-state index is 0.690. The van der Waals surface area contributed by atoms with Gasteiger partial charge in [-0.1, -0.05) is 60.3 Å². The van der Waals surface area contributed by atoms with Gasteiger partial charge in [0.1, 0.15) is 11.4 Å². The van der Waals surface area contributed by atoms with Gasteiger partial charge in [0.25, 0.3) is 0 Å². The van der Waals surface area contributed by atoms with Crippen LogP contribution >= 0.6 is 11.8 Å². The second kappa shape index (κ2) is 6.28. The summed E-state index contributed by atoms with van der Waals surface area (Å²) in [4.78, 5) is 4.73. The summed E-state index contributed by atoms with van der Waals surface area (Å²) in [5.74, 6) is 0. The number of hydrogen-bond acceptors (Lipinski definition) is 4. The first-order valence-corrected chi connectivity index (χ1v) is 8.34. The molecule has 0 aliphatic carbocycles. The van der Waals surface area contributed by atoms with Gasteiger partial charge in [-0.05, 0) is 31.2 Å². The van der Waals surface area contributed by atoms with Crippen molar-refractivity contribution in [1.29, 1.82) is 0 Å². The second-order valence-electron chi connectivity index (χ2n) is 5.13. The third-order valence-corrected chi connectivity index (χ3v) is 4.19. The number of hydrogen-bond donors (Lipinski definition) is 0. The minimum absolute atomic E-state index is 0.690. The minimum Gasteiger partial charge on any atom is -0.219 e. The Morgan fingerprint density at radius 3 is 1.82 bits per heavy atom. The van der Waals surface area contributed by atoms with Gasteiger partial charge in [0, 0.05) is 11.1 Å². The van der Waals surface area contributed by atoms with Crippen molar-refractivity contribution in [3.05, 3.63) is 59.7 Å². The summed E-state index contributed by atoms with van der Waals surface area (Å²) in [5.41, 5.74) is 6.27. The van der Waals surface area contributed by atoms with Gasteiger partial charge in [-0.3, -0.25) is 0 Å². The van der Waals surface area contributed by atoms with Crippen LogP contribution < -0.4 is 0 Å². The number of rotatable bonds is 3. The van der Waals surface area contributed by atoms with Crippen LogP contribution in [0.5, 0.6) is 0 Å². The number of aromatic nitrogens is 3. The molecule has 2 aromatic carbocycles. The highest BCUT2D eigenvalue weighted by atomic mass is 32.2. The maximum atomic E-state index is 4.73. The van der Waals surface area contributed by atoms with Gasteiger partial charge in [-0.15, -0.1) is 10.2 Å². The quantitative estimate of drug-likeness (QED) is 0.666. The van der Waals surface area contributed by atoms with Crippen molar-refractivity contribution in [1.82, 2.24) is 15.2 Å². The van der Waals surface area contributed by atoms with E-state index in [9.17, 15) is 0 Å². The SMILES string of the molecule is CSc1nnc(-c2ccccc2C)c(-c2ccccc2C)n1. The average Bonchev–Trinajstić information content (AvgIpc) is 2.55. The molecule has 110 valence electrons. The van der Waals surface area contributed by atoms with Gasteiger partial charge in [0.2, 0.25) is 5.16 Å². The predicted molar refractivity (Wildman–Crippen MR) is 92.0 cm³/mol. The van der Waals surface area contributed by atoms with E-state index in [1.165, 1.54) is 22.9 Å². The molecule has 1 aromatic heterocycles. The molecule has 0 spiro atoms. The predicted octanol–water partition coefficient (Wildman–Crippen LogP) is 4.54. The van der Waals surface area contributed by atoms with Crippen molar-refractivity contribution < 1.29 is 0 Å². The Kier molecular flexibility index (Phi) is 4.20. The first kappa shape index (κ1) is 14.7. The van der Waals surface area contributed by atoms with Crippen LogP contribution in [0, 0.1) is 13.8 Å². The standard InChI is InChI=1S/C18H17N3S/c1-12-8-4-6-10-14(12)16-17(20-21-18(19-16)22-3)15-11-7-5-9-13(15)2/h4-11H,1-3H3. The molecule has 3 aromatic rings. The highest BCUT2D eigenvalue weighted by Gasteiger charge is 2.16. The molecule has 3 rings (SSSR count). The van der Waals surface area contributed by atoms with Crippen LogP contribution in [0.4, 0.5) is 0 Å². The monoisotopic (exact) mass is 307 g/mol. The molecule has 0 atom stereocenters. The molecule has 0 fully saturated rings. The Balaban J connectivity index is 2.28. The van der Waals surface area contributed by atoms with E-state index in [2.05, 4.69) is 48.3 Å². The molecule has 4 heteroatoms. The Hall–Kier alpha value is -2.20. The van der Waals surface area contributed by atoms with Crippen LogP contribution in [0.3, 0.4) is 0 Å². The van der Waals surface area contributed by atoms with E-state index in [1.807, 2.05) is 30.5 Å². The zero-order chi connectivity index (χ0) is 15.5. The first-order chi connectivity index (χ1) is 10.7. The van der Waals surface area contributed by atoms with Gasteiger partial charge in [0.15, 0.2) is 0 Å². The fraction of sp³-hybridized carbons (Fsp3) is 0.167. The van der Waals surface area contributed by atoms with Crippen molar-refractivity contribution in [3.63, 3.8) is 0 Å². The lowest BCUT2D eigenvalue weighted by Gasteiger charge is -2.12. The summed E-state index contributed by atoms with van der Waals surface area (Å²) in [6.45, 7) is 4.18. The molecule has 0 bridgehead atoms. The number of thioether (sulfide) groups is 1. The lowest BCUT2D eigenvalue weighted by atomic mass is 9.98. The van der Waals surface area contributed by atoms with Crippen molar-refractivity contribution in [2.45, 2.75) is 19.0 Å². The molecule has 0 amide bonds. The average molecular weight is 307 g/mol. The van der Waals surface area contributed by atoms with E-state index in [0.29, 0.717) is 5.16 Å². The third-order valence-electron chi connectivity index (χ3n) is 3.65. The summed E-state index contributed by atoms with van der Waals surface area (Å²) in [6, 6.07) is 16.5. The lowest BCUT2D eigenvalue weighted by molar-refractivity contribution is 0.851. The lowest BCUT2D eigenvalue weighted by Crippen LogP contribution is -2.00. The highest BCUT2D eigenvalue weighted by Crippen LogP contribution is 2.32. The first-order valence-electron chi connectivity index (χ1n) is 7.11. The Labute approximate surface area is 134 Å². The summed E-state index contributed by atoms with van der Waals surface area (Å²) >= 11 is 1.51. The van der Waals surface area contributed by atoms with Crippen molar-refractivity contribution in [2.24, 2.45) is 0 Å². The molecule has 0 radical (unpaired) electrons. The van der Waals surface area contributed by atoms with E-state index in [1.54, 1.807) is 0 Å². The highest BCUT2D eigenvalue weighted by molar-refractivity contribution is 7.98. The van der Waals surface area contributed by atoms with E-state index in [-0.39, 0.29) is 0 Å². The Bertz CT molecular complexity index is 815. The van der Waals surface area contributed by atoms with E-state index in [0.717, 1.165) is 22.5 Å². The van der Waals surface area contributed by atoms with Crippen molar-refractivity contribution >= 4 is 11.8 Å². The van der Waals surface area contributed by atoms with Gasteiger partial charge in [-0.25, -0.2) is 4.98 Å². The summed E-state index contributed by atoms with van der Waals surface area (Å²) < 4.78 is 0. The van der Waals surface area contributed by atoms with Gasteiger partial charge in [0.05, 0.1) is 0 Å². The maximum Gasteiger partial charge on any atom is 0.209 e. The summed E-state index contributed by atoms with van der Waals surface area (Å²) in [6.07, 6.45) is 1.96. The largest absolute Gasteiger partial charge is 0.219 e. The van der Waals surface area contributed by atoms with Gasteiger partial charge in [-0.2, -0.15) is 0 Å². The number of benzene rings is 2. The van der Waals surface area contributed by atoms with Gasteiger partial charge >= 0.3 is 0 Å². The number of aryl methyl sites for hydroxylation is 2. The van der Waals surface area contributed by atoms with Crippen LogP contribution in [0.1, 0.15) is 11.1 Å². The molecule has 0 aliphatic heterocycles. The van der Waals surface area contributed by atoms with Crippen LogP contribution in [0.15, 0.2) is 53.7 Å². The molecule has 0 saturated carbocycles. The summed E-state index contributed by atoms with van der Waals surface area (Å²) in [7, 11) is 0. The number of nitrogens with zero attached hydrogens (tertiary/aromatic N) is 3. The van der Waals surface area contributed by atoms with Crippen LogP contribution in [0.2, 0.25) is 0 Å². The smallest absolute Gasteiger partial charge is 0.209 e. The normalized spacial score (nSPS) is 10.7. The van der Waals surface area contributed by atoms with Crippen LogP contribution in [-0.2, 0) is 0 Å².